The van der Waals surface area contributed by atoms with E-state index in [4.69, 9.17) is 26.6 Å². The summed E-state index contributed by atoms with van der Waals surface area (Å²) < 4.78 is 32.5. The van der Waals surface area contributed by atoms with E-state index in [1.807, 2.05) is 0 Å². The van der Waals surface area contributed by atoms with Gasteiger partial charge in [0.15, 0.2) is 0 Å². The highest BCUT2D eigenvalue weighted by atomic mass is 28.4. The third-order valence-corrected chi connectivity index (χ3v) is 10.9. The number of nitrogens with zero attached hydrogens (tertiary/aromatic N) is 1. The Morgan fingerprint density at radius 3 is 1.32 bits per heavy atom. The van der Waals surface area contributed by atoms with Crippen LogP contribution in [0.5, 0.6) is 0 Å². The lowest BCUT2D eigenvalue weighted by molar-refractivity contribution is 0.0447. The van der Waals surface area contributed by atoms with Gasteiger partial charge in [0.05, 0.1) is 19.8 Å². The number of hydrogen-bond donors (Lipinski definition) is 4. The van der Waals surface area contributed by atoms with Crippen LogP contribution in [0.25, 0.3) is 0 Å². The van der Waals surface area contributed by atoms with Gasteiger partial charge in [-0.15, -0.1) is 0 Å². The van der Waals surface area contributed by atoms with Gasteiger partial charge < -0.3 is 52.1 Å². The maximum Gasteiger partial charge on any atom is 0.500 e. The summed E-state index contributed by atoms with van der Waals surface area (Å²) in [6.07, 6.45) is 1.06. The molecule has 0 rings (SSSR count). The molecule has 0 bridgehead atoms. The number of carbonyl (C=O) groups is 1. The number of nitrogens with one attached hydrogen (secondary N) is 1. The van der Waals surface area contributed by atoms with Gasteiger partial charge in [-0.05, 0) is 12.8 Å². The third-order valence-electron chi connectivity index (χ3n) is 5.26. The maximum atomic E-state index is 12.9. The molecule has 12 nitrogen and oxygen atoms in total. The molecule has 0 aromatic carbocycles. The summed E-state index contributed by atoms with van der Waals surface area (Å²) in [6, 6.07) is 0.438. The summed E-state index contributed by atoms with van der Waals surface area (Å²) in [6.45, 7) is -1.17. The quantitative estimate of drug-likeness (QED) is 0.182. The fourth-order valence-electron chi connectivity index (χ4n) is 2.97. The van der Waals surface area contributed by atoms with Crippen molar-refractivity contribution in [1.82, 2.24) is 10.2 Å². The smallest absolute Gasteiger partial charge is 0.394 e. The predicted molar refractivity (Wildman–Crippen MR) is 117 cm³/mol. The molecule has 31 heavy (non-hydrogen) atoms. The molecule has 4 N–H and O–H groups in total. The van der Waals surface area contributed by atoms with Crippen LogP contribution in [0, 0.1) is 0 Å². The van der Waals surface area contributed by atoms with Crippen molar-refractivity contribution in [3.63, 3.8) is 0 Å². The van der Waals surface area contributed by atoms with Crippen molar-refractivity contribution >= 4 is 23.6 Å². The molecule has 0 aromatic heterocycles. The average molecular weight is 489 g/mol. The minimum Gasteiger partial charge on any atom is -0.394 e. The molecule has 0 atom stereocenters. The van der Waals surface area contributed by atoms with Crippen molar-refractivity contribution in [2.24, 2.45) is 0 Å². The molecule has 2 amide bonds. The van der Waals surface area contributed by atoms with Crippen molar-refractivity contribution in [2.45, 2.75) is 30.5 Å². The van der Waals surface area contributed by atoms with Gasteiger partial charge in [0.2, 0.25) is 0 Å². The largest absolute Gasteiger partial charge is 0.500 e. The molecular weight excluding hydrogens is 448 g/mol. The molecule has 0 unspecified atom stereocenters. The number of carbonyl (C=O) groups excluding carboxylic acids is 1. The lowest BCUT2D eigenvalue weighted by Gasteiger charge is -2.33. The number of aliphatic hydroxyl groups is 3. The van der Waals surface area contributed by atoms with E-state index in [1.165, 1.54) is 47.6 Å². The van der Waals surface area contributed by atoms with Crippen LogP contribution in [-0.4, -0.2) is 125 Å². The Kier molecular flexibility index (Phi) is 14.9. The molecule has 0 aliphatic heterocycles. The van der Waals surface area contributed by atoms with Crippen LogP contribution in [0.1, 0.15) is 12.8 Å². The average Bonchev–Trinajstić information content (AvgIpc) is 2.82. The predicted octanol–water partition coefficient (Wildman–Crippen LogP) is -0.750. The van der Waals surface area contributed by atoms with Crippen LogP contribution < -0.4 is 5.32 Å². The Morgan fingerprint density at radius 2 is 1.06 bits per heavy atom. The van der Waals surface area contributed by atoms with E-state index >= 15 is 0 Å². The Balaban J connectivity index is 5.26. The summed E-state index contributed by atoms with van der Waals surface area (Å²) >= 11 is 0. The highest BCUT2D eigenvalue weighted by Crippen LogP contribution is 2.18. The number of hydrogen-bond acceptors (Lipinski definition) is 10. The molecule has 0 aliphatic carbocycles. The minimum absolute atomic E-state index is 0.330. The summed E-state index contributed by atoms with van der Waals surface area (Å²) in [5.41, 5.74) is -1.52. The summed E-state index contributed by atoms with van der Waals surface area (Å²) in [5.74, 6) is 0. The van der Waals surface area contributed by atoms with Crippen LogP contribution in [0.3, 0.4) is 0 Å². The van der Waals surface area contributed by atoms with Crippen molar-refractivity contribution in [1.29, 1.82) is 0 Å². The van der Waals surface area contributed by atoms with Crippen molar-refractivity contribution in [3.8, 4) is 0 Å². The van der Waals surface area contributed by atoms with Crippen LogP contribution in [0.15, 0.2) is 0 Å². The molecular formula is C17H40N2O10Si2. The molecule has 0 aliphatic rings. The van der Waals surface area contributed by atoms with Gasteiger partial charge in [-0.25, -0.2) is 4.79 Å². The zero-order chi connectivity index (χ0) is 24.0. The van der Waals surface area contributed by atoms with Gasteiger partial charge in [0.25, 0.3) is 0 Å². The maximum absolute atomic E-state index is 12.9. The Morgan fingerprint density at radius 1 is 0.742 bits per heavy atom. The van der Waals surface area contributed by atoms with E-state index in [9.17, 15) is 20.1 Å². The fourth-order valence-corrected chi connectivity index (χ4v) is 6.38. The lowest BCUT2D eigenvalue weighted by atomic mass is 10.0. The monoisotopic (exact) mass is 488 g/mol. The molecule has 14 heteroatoms. The van der Waals surface area contributed by atoms with Gasteiger partial charge in [0, 0.05) is 67.8 Å². The highest BCUT2D eigenvalue weighted by molar-refractivity contribution is 6.60. The van der Waals surface area contributed by atoms with Gasteiger partial charge in [-0.3, -0.25) is 0 Å². The minimum atomic E-state index is -2.80. The van der Waals surface area contributed by atoms with E-state index in [0.717, 1.165) is 0 Å². The Labute approximate surface area is 187 Å². The molecule has 0 heterocycles. The highest BCUT2D eigenvalue weighted by Gasteiger charge is 2.39. The molecule has 0 radical (unpaired) electrons. The molecule has 0 saturated carbocycles. The summed E-state index contributed by atoms with van der Waals surface area (Å²) in [7, 11) is 3.53. The first kappa shape index (κ1) is 30.3. The van der Waals surface area contributed by atoms with Crippen LogP contribution in [0.4, 0.5) is 4.79 Å². The first-order valence-corrected chi connectivity index (χ1v) is 13.8. The second kappa shape index (κ2) is 15.2. The first-order valence-electron chi connectivity index (χ1n) is 9.95. The number of urea groups is 1. The second-order valence-electron chi connectivity index (χ2n) is 6.97. The van der Waals surface area contributed by atoms with E-state index in [2.05, 4.69) is 5.32 Å². The van der Waals surface area contributed by atoms with E-state index in [0.29, 0.717) is 38.0 Å². The molecule has 0 saturated heterocycles. The molecule has 0 fully saturated rings. The molecule has 186 valence electrons. The molecule has 0 aromatic rings. The van der Waals surface area contributed by atoms with Gasteiger partial charge in [0.1, 0.15) is 5.54 Å². The van der Waals surface area contributed by atoms with E-state index in [-0.39, 0.29) is 0 Å². The van der Waals surface area contributed by atoms with Crippen molar-refractivity contribution in [3.05, 3.63) is 0 Å². The van der Waals surface area contributed by atoms with E-state index in [1.54, 1.807) is 0 Å². The number of rotatable bonds is 18. The number of amides is 2. The topological polar surface area (TPSA) is 148 Å². The Hall–Kier alpha value is -0.656. The summed E-state index contributed by atoms with van der Waals surface area (Å²) in [5, 5.41) is 31.1. The third kappa shape index (κ3) is 9.01. The van der Waals surface area contributed by atoms with Crippen LogP contribution >= 0.6 is 0 Å². The SMILES string of the molecule is CO[Si](CCCN(CCC[Si](OC)(OC)OC)C(=O)NC(CO)(CO)CO)(OC)OC. The van der Waals surface area contributed by atoms with Crippen LogP contribution in [-0.2, 0) is 26.6 Å². The lowest BCUT2D eigenvalue weighted by Crippen LogP contribution is -2.60. The van der Waals surface area contributed by atoms with Gasteiger partial charge in [-0.1, -0.05) is 0 Å². The number of aliphatic hydroxyl groups excluding tert-OH is 3. The Bertz CT molecular complexity index is 441. The van der Waals surface area contributed by atoms with Crippen molar-refractivity contribution < 1.29 is 46.7 Å². The zero-order valence-corrected chi connectivity index (χ0v) is 21.5. The summed E-state index contributed by atoms with van der Waals surface area (Å²) in [4.78, 5) is 14.4. The second-order valence-corrected chi connectivity index (χ2v) is 13.2. The van der Waals surface area contributed by atoms with Gasteiger partial charge in [-0.2, -0.15) is 0 Å². The molecule has 0 spiro atoms. The van der Waals surface area contributed by atoms with Gasteiger partial charge >= 0.3 is 23.6 Å². The normalized spacial score (nSPS) is 12.8. The fraction of sp³-hybridized carbons (Fsp3) is 0.941. The van der Waals surface area contributed by atoms with Crippen LogP contribution in [0.2, 0.25) is 12.1 Å². The standard InChI is InChI=1S/C17H40N2O10Si2/c1-24-30(25-2,26-3)11-7-9-19(10-8-12-31(27-4,28-5)29-6)16(23)18-17(13-20,14-21)15-22/h20-22H,7-15H2,1-6H3,(H,18,23). The first-order chi connectivity index (χ1) is 14.7. The van der Waals surface area contributed by atoms with E-state index < -0.39 is 49.0 Å². The zero-order valence-electron chi connectivity index (χ0n) is 19.5. The van der Waals surface area contributed by atoms with Crippen molar-refractivity contribution in [2.75, 3.05) is 75.6 Å².